The molecule has 7 heteroatoms. The molecule has 2 rings (SSSR count). The van der Waals surface area contributed by atoms with E-state index in [9.17, 15) is 4.79 Å². The first-order valence-corrected chi connectivity index (χ1v) is 6.74. The van der Waals surface area contributed by atoms with Crippen LogP contribution in [0.2, 0.25) is 0 Å². The topological polar surface area (TPSA) is 83.6 Å². The van der Waals surface area contributed by atoms with E-state index in [0.29, 0.717) is 10.6 Å². The number of carbonyl (C=O) groups is 1. The fourth-order valence-electron chi connectivity index (χ4n) is 1.74. The van der Waals surface area contributed by atoms with Gasteiger partial charge < -0.3 is 5.32 Å². The Morgan fingerprint density at radius 3 is 2.53 bits per heavy atom. The summed E-state index contributed by atoms with van der Waals surface area (Å²) in [6.07, 6.45) is 0. The first kappa shape index (κ1) is 13.7. The molecular formula is C12H17N5OS. The molecule has 0 atom stereocenters. The van der Waals surface area contributed by atoms with Crippen LogP contribution in [0, 0.1) is 13.8 Å². The Balaban J connectivity index is 2.29. The van der Waals surface area contributed by atoms with Crippen molar-refractivity contribution < 1.29 is 4.79 Å². The monoisotopic (exact) mass is 279 g/mol. The highest BCUT2D eigenvalue weighted by atomic mass is 32.1. The van der Waals surface area contributed by atoms with Gasteiger partial charge in [-0.25, -0.2) is 0 Å². The number of H-pyrrole nitrogens is 1. The quantitative estimate of drug-likeness (QED) is 0.884. The minimum atomic E-state index is -0.208. The number of hydrogen-bond donors (Lipinski definition) is 2. The number of aromatic amines is 1. The third kappa shape index (κ3) is 2.65. The second kappa shape index (κ2) is 4.73. The highest BCUT2D eigenvalue weighted by Crippen LogP contribution is 2.27. The van der Waals surface area contributed by atoms with E-state index in [1.165, 1.54) is 0 Å². The van der Waals surface area contributed by atoms with E-state index in [4.69, 9.17) is 0 Å². The summed E-state index contributed by atoms with van der Waals surface area (Å²) in [7, 11) is 0. The van der Waals surface area contributed by atoms with Crippen molar-refractivity contribution in [3.63, 3.8) is 0 Å². The molecule has 1 amide bonds. The van der Waals surface area contributed by atoms with E-state index in [0.717, 1.165) is 28.6 Å². The lowest BCUT2D eigenvalue weighted by molar-refractivity contribution is 0.102. The van der Waals surface area contributed by atoms with Gasteiger partial charge in [0.2, 0.25) is 0 Å². The summed E-state index contributed by atoms with van der Waals surface area (Å²) < 4.78 is 3.89. The van der Waals surface area contributed by atoms with Crippen molar-refractivity contribution in [2.75, 3.05) is 5.32 Å². The number of amides is 1. The van der Waals surface area contributed by atoms with Gasteiger partial charge in [-0.3, -0.25) is 9.89 Å². The van der Waals surface area contributed by atoms with Crippen LogP contribution in [0.5, 0.6) is 0 Å². The Bertz CT molecular complexity index is 588. The standard InChI is InChI=1S/C12H17N5OS/c1-6-8(7(2)15-14-6)13-11(18)9-10(12(3,4)5)16-17-19-9/h1-5H3,(H,13,18)(H,14,15). The van der Waals surface area contributed by atoms with Crippen LogP contribution in [-0.4, -0.2) is 25.7 Å². The average molecular weight is 279 g/mol. The highest BCUT2D eigenvalue weighted by molar-refractivity contribution is 7.08. The lowest BCUT2D eigenvalue weighted by Gasteiger charge is -2.16. The van der Waals surface area contributed by atoms with Gasteiger partial charge in [-0.05, 0) is 25.4 Å². The van der Waals surface area contributed by atoms with E-state index in [-0.39, 0.29) is 11.3 Å². The second-order valence-corrected chi connectivity index (χ2v) is 6.22. The van der Waals surface area contributed by atoms with Gasteiger partial charge in [0.1, 0.15) is 4.88 Å². The van der Waals surface area contributed by atoms with E-state index < -0.39 is 0 Å². The lowest BCUT2D eigenvalue weighted by Crippen LogP contribution is -2.20. The van der Waals surface area contributed by atoms with Crippen molar-refractivity contribution >= 4 is 23.1 Å². The molecule has 0 aromatic carbocycles. The maximum Gasteiger partial charge on any atom is 0.269 e. The average Bonchev–Trinajstić information content (AvgIpc) is 2.90. The zero-order chi connectivity index (χ0) is 14.2. The Morgan fingerprint density at radius 1 is 1.32 bits per heavy atom. The molecule has 0 unspecified atom stereocenters. The number of anilines is 1. The molecule has 0 saturated carbocycles. The van der Waals surface area contributed by atoms with Crippen LogP contribution in [0.25, 0.3) is 0 Å². The van der Waals surface area contributed by atoms with Crippen LogP contribution >= 0.6 is 11.5 Å². The van der Waals surface area contributed by atoms with Crippen molar-refractivity contribution in [3.8, 4) is 0 Å². The minimum Gasteiger partial charge on any atom is -0.318 e. The second-order valence-electron chi connectivity index (χ2n) is 5.46. The third-order valence-electron chi connectivity index (χ3n) is 2.77. The molecule has 0 radical (unpaired) electrons. The van der Waals surface area contributed by atoms with Crippen LogP contribution in [0.15, 0.2) is 0 Å². The maximum absolute atomic E-state index is 12.3. The van der Waals surface area contributed by atoms with Crippen LogP contribution < -0.4 is 5.32 Å². The summed E-state index contributed by atoms with van der Waals surface area (Å²) >= 11 is 1.11. The molecular weight excluding hydrogens is 262 g/mol. The number of carbonyl (C=O) groups excluding carboxylic acids is 1. The summed E-state index contributed by atoms with van der Waals surface area (Å²) in [5.74, 6) is -0.187. The van der Waals surface area contributed by atoms with Gasteiger partial charge in [-0.1, -0.05) is 25.3 Å². The number of aryl methyl sites for hydroxylation is 2. The highest BCUT2D eigenvalue weighted by Gasteiger charge is 2.27. The normalized spacial score (nSPS) is 11.6. The largest absolute Gasteiger partial charge is 0.318 e. The van der Waals surface area contributed by atoms with E-state index in [2.05, 4.69) is 25.1 Å². The molecule has 2 aromatic rings. The molecule has 2 aromatic heterocycles. The smallest absolute Gasteiger partial charge is 0.269 e. The summed E-state index contributed by atoms with van der Waals surface area (Å²) in [6, 6.07) is 0. The zero-order valence-corrected chi connectivity index (χ0v) is 12.5. The summed E-state index contributed by atoms with van der Waals surface area (Å²) in [5.41, 5.74) is 2.83. The molecule has 19 heavy (non-hydrogen) atoms. The Hall–Kier alpha value is -1.76. The predicted octanol–water partition coefficient (Wildman–Crippen LogP) is 2.43. The van der Waals surface area contributed by atoms with E-state index >= 15 is 0 Å². The van der Waals surface area contributed by atoms with Gasteiger partial charge in [0.15, 0.2) is 0 Å². The lowest BCUT2D eigenvalue weighted by atomic mass is 9.91. The fourth-order valence-corrected chi connectivity index (χ4v) is 2.51. The van der Waals surface area contributed by atoms with Crippen molar-refractivity contribution in [2.45, 2.75) is 40.0 Å². The maximum atomic E-state index is 12.3. The SMILES string of the molecule is Cc1n[nH]c(C)c1NC(=O)c1snnc1C(C)(C)C. The zero-order valence-electron chi connectivity index (χ0n) is 11.7. The Labute approximate surface area is 115 Å². The van der Waals surface area contributed by atoms with Gasteiger partial charge in [0.05, 0.1) is 22.8 Å². The summed E-state index contributed by atoms with van der Waals surface area (Å²) in [5, 5.41) is 13.8. The van der Waals surface area contributed by atoms with Crippen LogP contribution in [-0.2, 0) is 5.41 Å². The number of rotatable bonds is 2. The van der Waals surface area contributed by atoms with Crippen molar-refractivity contribution in [1.29, 1.82) is 0 Å². The van der Waals surface area contributed by atoms with Crippen LogP contribution in [0.1, 0.15) is 47.5 Å². The first-order chi connectivity index (χ1) is 8.80. The number of nitrogens with zero attached hydrogens (tertiary/aromatic N) is 3. The molecule has 0 saturated heterocycles. The van der Waals surface area contributed by atoms with Gasteiger partial charge in [0.25, 0.3) is 5.91 Å². The summed E-state index contributed by atoms with van der Waals surface area (Å²) in [4.78, 5) is 12.9. The molecule has 0 spiro atoms. The number of aromatic nitrogens is 4. The van der Waals surface area contributed by atoms with Gasteiger partial charge in [-0.2, -0.15) is 5.10 Å². The van der Waals surface area contributed by atoms with Crippen LogP contribution in [0.4, 0.5) is 5.69 Å². The molecule has 0 aliphatic rings. The van der Waals surface area contributed by atoms with E-state index in [1.54, 1.807) is 0 Å². The van der Waals surface area contributed by atoms with Crippen molar-refractivity contribution in [2.24, 2.45) is 0 Å². The fraction of sp³-hybridized carbons (Fsp3) is 0.500. The molecule has 0 aliphatic heterocycles. The van der Waals surface area contributed by atoms with Crippen LogP contribution in [0.3, 0.4) is 0 Å². The minimum absolute atomic E-state index is 0.187. The first-order valence-electron chi connectivity index (χ1n) is 5.96. The van der Waals surface area contributed by atoms with E-state index in [1.807, 2.05) is 34.6 Å². The molecule has 2 N–H and O–H groups in total. The summed E-state index contributed by atoms with van der Waals surface area (Å²) in [6.45, 7) is 9.73. The van der Waals surface area contributed by atoms with Crippen molar-refractivity contribution in [3.05, 3.63) is 22.0 Å². The third-order valence-corrected chi connectivity index (χ3v) is 3.50. The molecule has 102 valence electrons. The van der Waals surface area contributed by atoms with Gasteiger partial charge >= 0.3 is 0 Å². The number of hydrogen-bond acceptors (Lipinski definition) is 5. The molecule has 6 nitrogen and oxygen atoms in total. The van der Waals surface area contributed by atoms with Gasteiger partial charge in [0, 0.05) is 5.41 Å². The predicted molar refractivity (Wildman–Crippen MR) is 74.6 cm³/mol. The van der Waals surface area contributed by atoms with Gasteiger partial charge in [-0.15, -0.1) is 5.10 Å². The Kier molecular flexibility index (Phi) is 3.40. The van der Waals surface area contributed by atoms with Crippen molar-refractivity contribution in [1.82, 2.24) is 19.8 Å². The molecule has 0 bridgehead atoms. The Morgan fingerprint density at radius 2 is 2.00 bits per heavy atom. The molecule has 0 aliphatic carbocycles. The molecule has 0 fully saturated rings. The number of nitrogens with one attached hydrogen (secondary N) is 2. The molecule has 2 heterocycles.